The minimum absolute atomic E-state index is 0.669. The lowest BCUT2D eigenvalue weighted by Gasteiger charge is -2.17. The third kappa shape index (κ3) is 2.41. The van der Waals surface area contributed by atoms with Crippen LogP contribution in [0.2, 0.25) is 0 Å². The zero-order valence-corrected chi connectivity index (χ0v) is 9.20. The molecule has 1 heterocycles. The van der Waals surface area contributed by atoms with E-state index in [1.807, 2.05) is 13.0 Å². The first-order valence-corrected chi connectivity index (χ1v) is 5.67. The van der Waals surface area contributed by atoms with Crippen molar-refractivity contribution in [1.29, 1.82) is 0 Å². The third-order valence-electron chi connectivity index (χ3n) is 3.11. The van der Waals surface area contributed by atoms with Gasteiger partial charge in [-0.25, -0.2) is 0 Å². The van der Waals surface area contributed by atoms with Gasteiger partial charge in [0, 0.05) is 0 Å². The van der Waals surface area contributed by atoms with E-state index in [0.717, 1.165) is 5.69 Å². The van der Waals surface area contributed by atoms with Crippen molar-refractivity contribution in [1.82, 2.24) is 5.16 Å². The SMILES string of the molecule is Cc1onc(/C=C/C2CCCCC2)c1N. The number of hydrogen-bond acceptors (Lipinski definition) is 3. The lowest BCUT2D eigenvalue weighted by atomic mass is 9.89. The number of nitrogens with zero attached hydrogens (tertiary/aromatic N) is 1. The van der Waals surface area contributed by atoms with Crippen molar-refractivity contribution < 1.29 is 4.52 Å². The number of nitrogens with two attached hydrogens (primary N) is 1. The summed E-state index contributed by atoms with van der Waals surface area (Å²) in [5.41, 5.74) is 7.26. The summed E-state index contributed by atoms with van der Waals surface area (Å²) in [6.07, 6.45) is 10.9. The molecule has 15 heavy (non-hydrogen) atoms. The molecule has 1 aliphatic carbocycles. The Morgan fingerprint density at radius 3 is 2.67 bits per heavy atom. The van der Waals surface area contributed by atoms with Gasteiger partial charge in [0.2, 0.25) is 0 Å². The Bertz CT molecular complexity index is 349. The topological polar surface area (TPSA) is 52.0 Å². The zero-order chi connectivity index (χ0) is 10.7. The fraction of sp³-hybridized carbons (Fsp3) is 0.583. The van der Waals surface area contributed by atoms with Crippen molar-refractivity contribution in [2.24, 2.45) is 5.92 Å². The Hall–Kier alpha value is -1.25. The first-order chi connectivity index (χ1) is 7.27. The van der Waals surface area contributed by atoms with Gasteiger partial charge >= 0.3 is 0 Å². The molecular weight excluding hydrogens is 188 g/mol. The number of nitrogen functional groups attached to an aromatic ring is 1. The highest BCUT2D eigenvalue weighted by Crippen LogP contribution is 2.26. The van der Waals surface area contributed by atoms with Crippen molar-refractivity contribution in [2.75, 3.05) is 5.73 Å². The van der Waals surface area contributed by atoms with E-state index in [1.54, 1.807) is 0 Å². The number of aromatic nitrogens is 1. The molecule has 0 atom stereocenters. The Kier molecular flexibility index (Phi) is 3.09. The average molecular weight is 206 g/mol. The van der Waals surface area contributed by atoms with Gasteiger partial charge in [-0.05, 0) is 31.8 Å². The number of allylic oxidation sites excluding steroid dienone is 1. The Labute approximate surface area is 90.3 Å². The molecule has 1 aromatic heterocycles. The van der Waals surface area contributed by atoms with Gasteiger partial charge in [-0.15, -0.1) is 0 Å². The van der Waals surface area contributed by atoms with E-state index in [-0.39, 0.29) is 0 Å². The maximum absolute atomic E-state index is 5.81. The molecule has 3 nitrogen and oxygen atoms in total. The number of aryl methyl sites for hydroxylation is 1. The molecule has 1 aliphatic rings. The van der Waals surface area contributed by atoms with Crippen LogP contribution in [0, 0.1) is 12.8 Å². The van der Waals surface area contributed by atoms with Crippen molar-refractivity contribution >= 4 is 11.8 Å². The molecule has 2 rings (SSSR count). The largest absolute Gasteiger partial charge is 0.394 e. The van der Waals surface area contributed by atoms with E-state index < -0.39 is 0 Å². The standard InChI is InChI=1S/C12H18N2O/c1-9-12(13)11(14-15-9)8-7-10-5-3-2-4-6-10/h7-8,10H,2-6,13H2,1H3/b8-7+. The molecule has 0 spiro atoms. The molecule has 1 fully saturated rings. The molecule has 0 radical (unpaired) electrons. The highest BCUT2D eigenvalue weighted by Gasteiger charge is 2.11. The predicted octanol–water partition coefficient (Wildman–Crippen LogP) is 3.16. The Morgan fingerprint density at radius 2 is 2.07 bits per heavy atom. The highest BCUT2D eigenvalue weighted by atomic mass is 16.5. The van der Waals surface area contributed by atoms with Crippen LogP contribution in [-0.4, -0.2) is 5.16 Å². The van der Waals surface area contributed by atoms with Crippen molar-refractivity contribution in [3.05, 3.63) is 17.5 Å². The first-order valence-electron chi connectivity index (χ1n) is 5.67. The molecule has 1 aromatic rings. The van der Waals surface area contributed by atoms with Gasteiger partial charge in [0.05, 0.1) is 0 Å². The zero-order valence-electron chi connectivity index (χ0n) is 9.20. The van der Waals surface area contributed by atoms with Gasteiger partial charge in [-0.2, -0.15) is 0 Å². The van der Waals surface area contributed by atoms with Crippen LogP contribution >= 0.6 is 0 Å². The number of rotatable bonds is 2. The van der Waals surface area contributed by atoms with E-state index in [1.165, 1.54) is 32.1 Å². The summed E-state index contributed by atoms with van der Waals surface area (Å²) in [6, 6.07) is 0. The van der Waals surface area contributed by atoms with Gasteiger partial charge in [-0.1, -0.05) is 30.5 Å². The molecule has 1 saturated carbocycles. The molecule has 2 N–H and O–H groups in total. The summed E-state index contributed by atoms with van der Waals surface area (Å²) in [4.78, 5) is 0. The van der Waals surface area contributed by atoms with Gasteiger partial charge in [-0.3, -0.25) is 0 Å². The molecule has 3 heteroatoms. The van der Waals surface area contributed by atoms with E-state index in [9.17, 15) is 0 Å². The normalized spacial score (nSPS) is 18.7. The maximum atomic E-state index is 5.81. The first kappa shape index (κ1) is 10.3. The summed E-state index contributed by atoms with van der Waals surface area (Å²) in [6.45, 7) is 1.83. The Balaban J connectivity index is 2.01. The predicted molar refractivity (Wildman–Crippen MR) is 61.3 cm³/mol. The molecule has 0 bridgehead atoms. The maximum Gasteiger partial charge on any atom is 0.157 e. The monoisotopic (exact) mass is 206 g/mol. The van der Waals surface area contributed by atoms with Gasteiger partial charge < -0.3 is 10.3 Å². The fourth-order valence-corrected chi connectivity index (χ4v) is 2.07. The fourth-order valence-electron chi connectivity index (χ4n) is 2.07. The van der Waals surface area contributed by atoms with Crippen LogP contribution in [0.1, 0.15) is 43.6 Å². The van der Waals surface area contributed by atoms with E-state index >= 15 is 0 Å². The van der Waals surface area contributed by atoms with Crippen molar-refractivity contribution in [3.8, 4) is 0 Å². The van der Waals surface area contributed by atoms with Gasteiger partial charge in [0.25, 0.3) is 0 Å². The van der Waals surface area contributed by atoms with Crippen LogP contribution in [0.5, 0.6) is 0 Å². The lowest BCUT2D eigenvalue weighted by molar-refractivity contribution is 0.396. The minimum Gasteiger partial charge on any atom is -0.394 e. The molecule has 0 aliphatic heterocycles. The second-order valence-corrected chi connectivity index (χ2v) is 4.29. The number of hydrogen-bond donors (Lipinski definition) is 1. The third-order valence-corrected chi connectivity index (χ3v) is 3.11. The molecule has 0 unspecified atom stereocenters. The van der Waals surface area contributed by atoms with Gasteiger partial charge in [0.15, 0.2) is 5.76 Å². The molecular formula is C12H18N2O. The minimum atomic E-state index is 0.669. The molecule has 0 aromatic carbocycles. The van der Waals surface area contributed by atoms with Crippen LogP contribution in [0.3, 0.4) is 0 Å². The molecule has 0 amide bonds. The van der Waals surface area contributed by atoms with Gasteiger partial charge in [0.1, 0.15) is 11.4 Å². The van der Waals surface area contributed by atoms with E-state index in [2.05, 4.69) is 11.2 Å². The van der Waals surface area contributed by atoms with Crippen molar-refractivity contribution in [2.45, 2.75) is 39.0 Å². The van der Waals surface area contributed by atoms with Crippen LogP contribution < -0.4 is 5.73 Å². The summed E-state index contributed by atoms with van der Waals surface area (Å²) in [5, 5.41) is 3.91. The smallest absolute Gasteiger partial charge is 0.157 e. The van der Waals surface area contributed by atoms with Crippen LogP contribution in [0.15, 0.2) is 10.6 Å². The second-order valence-electron chi connectivity index (χ2n) is 4.29. The molecule has 82 valence electrons. The summed E-state index contributed by atoms with van der Waals surface area (Å²) in [7, 11) is 0. The van der Waals surface area contributed by atoms with Crippen LogP contribution in [0.4, 0.5) is 5.69 Å². The van der Waals surface area contributed by atoms with Crippen molar-refractivity contribution in [3.63, 3.8) is 0 Å². The molecule has 0 saturated heterocycles. The average Bonchev–Trinajstić information content (AvgIpc) is 2.59. The van der Waals surface area contributed by atoms with E-state index in [4.69, 9.17) is 10.3 Å². The summed E-state index contributed by atoms with van der Waals surface area (Å²) >= 11 is 0. The Morgan fingerprint density at radius 1 is 1.33 bits per heavy atom. The second kappa shape index (κ2) is 4.51. The van der Waals surface area contributed by atoms with E-state index in [0.29, 0.717) is 17.4 Å². The highest BCUT2D eigenvalue weighted by molar-refractivity contribution is 5.61. The quantitative estimate of drug-likeness (QED) is 0.808. The summed E-state index contributed by atoms with van der Waals surface area (Å²) in [5.74, 6) is 1.41. The van der Waals surface area contributed by atoms with Crippen LogP contribution in [-0.2, 0) is 0 Å². The van der Waals surface area contributed by atoms with Crippen LogP contribution in [0.25, 0.3) is 6.08 Å². The number of anilines is 1. The lowest BCUT2D eigenvalue weighted by Crippen LogP contribution is -2.02. The summed E-state index contributed by atoms with van der Waals surface area (Å²) < 4.78 is 5.01.